The van der Waals surface area contributed by atoms with Crippen LogP contribution < -0.4 is 0 Å². The van der Waals surface area contributed by atoms with E-state index in [0.29, 0.717) is 17.3 Å². The zero-order chi connectivity index (χ0) is 15.5. The SMILES string of the molecule is CC12CCCC1C1CCc3cc(O)c([N+](=O)[O-])cc3C1CC2. The van der Waals surface area contributed by atoms with Gasteiger partial charge in [0.1, 0.15) is 0 Å². The van der Waals surface area contributed by atoms with Gasteiger partial charge in [0.25, 0.3) is 0 Å². The van der Waals surface area contributed by atoms with Crippen LogP contribution >= 0.6 is 0 Å². The Morgan fingerprint density at radius 2 is 2.09 bits per heavy atom. The molecule has 4 atom stereocenters. The summed E-state index contributed by atoms with van der Waals surface area (Å²) in [7, 11) is 0. The molecule has 3 aliphatic carbocycles. The van der Waals surface area contributed by atoms with Crippen molar-refractivity contribution in [2.45, 2.75) is 57.8 Å². The second kappa shape index (κ2) is 4.71. The molecule has 1 aromatic rings. The highest BCUT2D eigenvalue weighted by Gasteiger charge is 2.50. The lowest BCUT2D eigenvalue weighted by Crippen LogP contribution is -2.39. The third-order valence-electron chi connectivity index (χ3n) is 6.80. The average molecular weight is 301 g/mol. The molecule has 4 heteroatoms. The Kier molecular flexibility index (Phi) is 3.00. The van der Waals surface area contributed by atoms with Gasteiger partial charge in [0, 0.05) is 6.07 Å². The van der Waals surface area contributed by atoms with Gasteiger partial charge in [0.05, 0.1) is 4.92 Å². The predicted octanol–water partition coefficient (Wildman–Crippen LogP) is 4.55. The van der Waals surface area contributed by atoms with Crippen molar-refractivity contribution in [3.8, 4) is 5.75 Å². The highest BCUT2D eigenvalue weighted by atomic mass is 16.6. The zero-order valence-electron chi connectivity index (χ0n) is 13.0. The van der Waals surface area contributed by atoms with Crippen molar-refractivity contribution in [1.29, 1.82) is 0 Å². The Bertz CT molecular complexity index is 641. The second-order valence-corrected chi connectivity index (χ2v) is 7.80. The normalized spacial score (nSPS) is 36.3. The van der Waals surface area contributed by atoms with Crippen molar-refractivity contribution in [2.24, 2.45) is 17.3 Å². The number of phenolic OH excluding ortho intramolecular Hbond substituents is 1. The molecule has 0 amide bonds. The van der Waals surface area contributed by atoms with Crippen LogP contribution in [0.2, 0.25) is 0 Å². The molecular weight excluding hydrogens is 278 g/mol. The molecule has 2 saturated carbocycles. The van der Waals surface area contributed by atoms with Gasteiger partial charge in [-0.15, -0.1) is 0 Å². The first-order valence-corrected chi connectivity index (χ1v) is 8.50. The lowest BCUT2D eigenvalue weighted by Gasteiger charge is -2.49. The Morgan fingerprint density at radius 1 is 1.27 bits per heavy atom. The van der Waals surface area contributed by atoms with Crippen LogP contribution in [0.5, 0.6) is 5.75 Å². The van der Waals surface area contributed by atoms with E-state index < -0.39 is 4.92 Å². The highest BCUT2D eigenvalue weighted by Crippen LogP contribution is 2.61. The fourth-order valence-corrected chi connectivity index (χ4v) is 5.74. The smallest absolute Gasteiger partial charge is 0.310 e. The van der Waals surface area contributed by atoms with Gasteiger partial charge in [-0.1, -0.05) is 13.3 Å². The Labute approximate surface area is 130 Å². The number of aryl methyl sites for hydroxylation is 1. The van der Waals surface area contributed by atoms with Crippen LogP contribution in [0, 0.1) is 27.4 Å². The fraction of sp³-hybridized carbons (Fsp3) is 0.667. The van der Waals surface area contributed by atoms with E-state index in [-0.39, 0.29) is 11.4 Å². The molecule has 0 spiro atoms. The molecule has 0 aromatic heterocycles. The van der Waals surface area contributed by atoms with E-state index in [4.69, 9.17) is 0 Å². The van der Waals surface area contributed by atoms with Gasteiger partial charge >= 0.3 is 5.69 Å². The van der Waals surface area contributed by atoms with E-state index in [2.05, 4.69) is 6.92 Å². The molecule has 3 aliphatic rings. The molecule has 4 rings (SSSR count). The number of phenols is 1. The Balaban J connectivity index is 1.75. The summed E-state index contributed by atoms with van der Waals surface area (Å²) in [4.78, 5) is 10.7. The van der Waals surface area contributed by atoms with Gasteiger partial charge < -0.3 is 5.11 Å². The van der Waals surface area contributed by atoms with E-state index in [1.165, 1.54) is 32.1 Å². The van der Waals surface area contributed by atoms with Gasteiger partial charge in [-0.25, -0.2) is 0 Å². The lowest BCUT2D eigenvalue weighted by atomic mass is 9.56. The number of nitrogens with zero attached hydrogens (tertiary/aromatic N) is 1. The minimum atomic E-state index is -0.457. The largest absolute Gasteiger partial charge is 0.502 e. The summed E-state index contributed by atoms with van der Waals surface area (Å²) in [5, 5.41) is 21.0. The molecule has 1 N–H and O–H groups in total. The summed E-state index contributed by atoms with van der Waals surface area (Å²) in [5.74, 6) is 1.74. The summed E-state index contributed by atoms with van der Waals surface area (Å²) < 4.78 is 0. The molecule has 0 heterocycles. The topological polar surface area (TPSA) is 63.4 Å². The molecule has 2 fully saturated rings. The summed E-state index contributed by atoms with van der Waals surface area (Å²) in [6.07, 6.45) is 8.53. The first kappa shape index (κ1) is 14.0. The van der Waals surface area contributed by atoms with Gasteiger partial charge in [0.15, 0.2) is 5.75 Å². The molecule has 4 unspecified atom stereocenters. The first-order valence-electron chi connectivity index (χ1n) is 8.50. The number of rotatable bonds is 1. The number of nitro groups is 1. The quantitative estimate of drug-likeness (QED) is 0.611. The van der Waals surface area contributed by atoms with Crippen LogP contribution in [0.25, 0.3) is 0 Å². The van der Waals surface area contributed by atoms with Crippen molar-refractivity contribution in [3.63, 3.8) is 0 Å². The third kappa shape index (κ3) is 1.89. The Morgan fingerprint density at radius 3 is 2.86 bits per heavy atom. The van der Waals surface area contributed by atoms with Crippen molar-refractivity contribution in [3.05, 3.63) is 33.4 Å². The number of hydrogen-bond donors (Lipinski definition) is 1. The summed E-state index contributed by atoms with van der Waals surface area (Å²) in [6, 6.07) is 3.31. The first-order chi connectivity index (χ1) is 10.5. The van der Waals surface area contributed by atoms with Crippen molar-refractivity contribution in [1.82, 2.24) is 0 Å². The van der Waals surface area contributed by atoms with Crippen molar-refractivity contribution >= 4 is 5.69 Å². The maximum atomic E-state index is 11.1. The van der Waals surface area contributed by atoms with Crippen LogP contribution in [0.15, 0.2) is 12.1 Å². The van der Waals surface area contributed by atoms with Gasteiger partial charge in [-0.3, -0.25) is 10.1 Å². The minimum Gasteiger partial charge on any atom is -0.502 e. The maximum Gasteiger partial charge on any atom is 0.310 e. The van der Waals surface area contributed by atoms with Gasteiger partial charge in [0.2, 0.25) is 0 Å². The second-order valence-electron chi connectivity index (χ2n) is 7.80. The summed E-state index contributed by atoms with van der Waals surface area (Å²) in [6.45, 7) is 2.45. The predicted molar refractivity (Wildman–Crippen MR) is 84.0 cm³/mol. The highest BCUT2D eigenvalue weighted by molar-refractivity contribution is 5.53. The molecule has 0 radical (unpaired) electrons. The van der Waals surface area contributed by atoms with E-state index in [1.54, 1.807) is 12.1 Å². The van der Waals surface area contributed by atoms with Crippen LogP contribution in [-0.4, -0.2) is 10.0 Å². The molecule has 4 nitrogen and oxygen atoms in total. The number of benzene rings is 1. The summed E-state index contributed by atoms with van der Waals surface area (Å²) in [5.41, 5.74) is 2.65. The standard InChI is InChI=1S/C18H23NO3/c1-18-7-2-3-15(18)13-5-4-11-9-17(20)16(19(21)22)10-14(11)12(13)6-8-18/h9-10,12-13,15,20H,2-8H2,1H3. The molecule has 1 aromatic carbocycles. The number of nitro benzene ring substituents is 1. The molecular formula is C18H23NO3. The average Bonchev–Trinajstić information content (AvgIpc) is 2.87. The zero-order valence-corrected chi connectivity index (χ0v) is 13.0. The van der Waals surface area contributed by atoms with Crippen LogP contribution in [0.3, 0.4) is 0 Å². The van der Waals surface area contributed by atoms with Crippen molar-refractivity contribution in [2.75, 3.05) is 0 Å². The maximum absolute atomic E-state index is 11.1. The van der Waals surface area contributed by atoms with Crippen LogP contribution in [-0.2, 0) is 6.42 Å². The monoisotopic (exact) mass is 301 g/mol. The van der Waals surface area contributed by atoms with Crippen LogP contribution in [0.4, 0.5) is 5.69 Å². The van der Waals surface area contributed by atoms with E-state index in [1.807, 2.05) is 0 Å². The number of hydrogen-bond acceptors (Lipinski definition) is 3. The van der Waals surface area contributed by atoms with Gasteiger partial charge in [-0.05, 0) is 78.9 Å². The molecule has 0 aliphatic heterocycles. The van der Waals surface area contributed by atoms with E-state index in [9.17, 15) is 15.2 Å². The van der Waals surface area contributed by atoms with Crippen molar-refractivity contribution < 1.29 is 10.0 Å². The minimum absolute atomic E-state index is 0.126. The van der Waals surface area contributed by atoms with E-state index in [0.717, 1.165) is 29.9 Å². The fourth-order valence-electron chi connectivity index (χ4n) is 5.74. The Hall–Kier alpha value is -1.58. The van der Waals surface area contributed by atoms with E-state index >= 15 is 0 Å². The molecule has 22 heavy (non-hydrogen) atoms. The van der Waals surface area contributed by atoms with Crippen LogP contribution in [0.1, 0.15) is 62.5 Å². The molecule has 0 bridgehead atoms. The molecule has 118 valence electrons. The third-order valence-corrected chi connectivity index (χ3v) is 6.80. The van der Waals surface area contributed by atoms with Gasteiger partial charge in [-0.2, -0.15) is 0 Å². The summed E-state index contributed by atoms with van der Waals surface area (Å²) >= 11 is 0. The molecule has 0 saturated heterocycles. The number of aromatic hydroxyl groups is 1. The lowest BCUT2D eigenvalue weighted by molar-refractivity contribution is -0.386. The number of fused-ring (bicyclic) bond motifs is 5.